The van der Waals surface area contributed by atoms with Crippen molar-refractivity contribution in [3.05, 3.63) is 34.9 Å². The molecular weight excluding hydrogens is 202 g/mol. The minimum atomic E-state index is 0.773. The molecule has 1 aromatic rings. The zero-order valence-corrected chi connectivity index (χ0v) is 8.74. The molecule has 0 fully saturated rings. The van der Waals surface area contributed by atoms with Crippen LogP contribution in [0.1, 0.15) is 12.0 Å². The lowest BCUT2D eigenvalue weighted by Crippen LogP contribution is -1.86. The summed E-state index contributed by atoms with van der Waals surface area (Å²) in [6.45, 7) is 0. The van der Waals surface area contributed by atoms with Gasteiger partial charge in [0.05, 0.1) is 0 Å². The van der Waals surface area contributed by atoms with Crippen molar-refractivity contribution in [3.63, 3.8) is 0 Å². The monoisotopic (exact) mass is 211 g/mol. The van der Waals surface area contributed by atoms with E-state index in [9.17, 15) is 0 Å². The smallest absolute Gasteiger partial charge is 0.133 e. The average Bonchev–Trinajstić information content (AvgIpc) is 2.15. The summed E-state index contributed by atoms with van der Waals surface area (Å²) in [5.74, 6) is 0.902. The summed E-state index contributed by atoms with van der Waals surface area (Å²) in [4.78, 5) is 0. The largest absolute Gasteiger partial charge is 0.185 e. The number of hydrogen-bond donors (Lipinski definition) is 0. The van der Waals surface area contributed by atoms with Gasteiger partial charge < -0.3 is 0 Å². The second-order valence-corrected chi connectivity index (χ2v) is 3.99. The van der Waals surface area contributed by atoms with Gasteiger partial charge in [-0.25, -0.2) is 0 Å². The maximum atomic E-state index is 8.30. The lowest BCUT2D eigenvalue weighted by molar-refractivity contribution is 0.935. The predicted octanol–water partition coefficient (Wildman–Crippen LogP) is 3.49. The number of benzene rings is 1. The zero-order valence-electron chi connectivity index (χ0n) is 7.16. The first-order valence-corrected chi connectivity index (χ1v) is 5.44. The van der Waals surface area contributed by atoms with E-state index in [2.05, 4.69) is 5.40 Å². The molecule has 13 heavy (non-hydrogen) atoms. The minimum absolute atomic E-state index is 0.773. The Morgan fingerprint density at radius 3 is 2.62 bits per heavy atom. The highest BCUT2D eigenvalue weighted by Gasteiger charge is 1.93. The van der Waals surface area contributed by atoms with Gasteiger partial charge >= 0.3 is 0 Å². The van der Waals surface area contributed by atoms with Gasteiger partial charge in [0.1, 0.15) is 5.40 Å². The lowest BCUT2D eigenvalue weighted by atomic mass is 10.1. The van der Waals surface area contributed by atoms with Gasteiger partial charge in [-0.1, -0.05) is 23.7 Å². The van der Waals surface area contributed by atoms with Crippen LogP contribution >= 0.6 is 23.4 Å². The Labute approximate surface area is 87.7 Å². The summed E-state index contributed by atoms with van der Waals surface area (Å²) in [5.41, 5.74) is 1.28. The van der Waals surface area contributed by atoms with E-state index in [0.29, 0.717) is 0 Å². The zero-order chi connectivity index (χ0) is 9.52. The molecule has 0 bridgehead atoms. The van der Waals surface area contributed by atoms with Gasteiger partial charge in [-0.15, -0.1) is 0 Å². The molecule has 0 unspecified atom stereocenters. The van der Waals surface area contributed by atoms with Crippen LogP contribution in [0.4, 0.5) is 0 Å². The predicted molar refractivity (Wildman–Crippen MR) is 57.8 cm³/mol. The fourth-order valence-corrected chi connectivity index (χ4v) is 1.55. The van der Waals surface area contributed by atoms with Crippen LogP contribution in [-0.2, 0) is 6.42 Å². The highest BCUT2D eigenvalue weighted by Crippen LogP contribution is 2.11. The Kier molecular flexibility index (Phi) is 4.74. The second kappa shape index (κ2) is 5.90. The van der Waals surface area contributed by atoms with E-state index in [4.69, 9.17) is 16.9 Å². The molecule has 0 saturated heterocycles. The van der Waals surface area contributed by atoms with Gasteiger partial charge in [0.2, 0.25) is 0 Å². The molecule has 0 aromatic heterocycles. The minimum Gasteiger partial charge on any atom is -0.185 e. The Balaban J connectivity index is 2.30. The number of thioether (sulfide) groups is 1. The Hall–Kier alpha value is -0.650. The summed E-state index contributed by atoms with van der Waals surface area (Å²) in [6, 6.07) is 7.85. The first-order valence-electron chi connectivity index (χ1n) is 4.08. The third-order valence-electron chi connectivity index (χ3n) is 1.69. The van der Waals surface area contributed by atoms with E-state index in [1.54, 1.807) is 0 Å². The Morgan fingerprint density at radius 2 is 2.00 bits per heavy atom. The van der Waals surface area contributed by atoms with Crippen molar-refractivity contribution >= 4 is 23.4 Å². The number of nitrogens with zero attached hydrogens (tertiary/aromatic N) is 1. The Bertz CT molecular complexity index is 289. The van der Waals surface area contributed by atoms with Crippen molar-refractivity contribution in [1.82, 2.24) is 0 Å². The molecule has 0 aliphatic carbocycles. The molecule has 0 aliphatic rings. The summed E-state index contributed by atoms with van der Waals surface area (Å²) >= 11 is 7.06. The van der Waals surface area contributed by atoms with Gasteiger partial charge in [0.15, 0.2) is 0 Å². The maximum Gasteiger partial charge on any atom is 0.133 e. The molecule has 1 rings (SSSR count). The van der Waals surface area contributed by atoms with Crippen LogP contribution < -0.4 is 0 Å². The van der Waals surface area contributed by atoms with E-state index >= 15 is 0 Å². The molecule has 0 radical (unpaired) electrons. The van der Waals surface area contributed by atoms with Crippen LogP contribution in [0.3, 0.4) is 0 Å². The van der Waals surface area contributed by atoms with Crippen molar-refractivity contribution in [1.29, 1.82) is 5.26 Å². The average molecular weight is 212 g/mol. The normalized spacial score (nSPS) is 9.54. The van der Waals surface area contributed by atoms with Gasteiger partial charge in [-0.2, -0.15) is 5.26 Å². The third-order valence-corrected chi connectivity index (χ3v) is 2.56. The first kappa shape index (κ1) is 10.4. The van der Waals surface area contributed by atoms with Gasteiger partial charge in [0.25, 0.3) is 0 Å². The topological polar surface area (TPSA) is 23.8 Å². The molecular formula is C10H10ClNS. The molecule has 0 saturated carbocycles. The van der Waals surface area contributed by atoms with Crippen molar-refractivity contribution < 1.29 is 0 Å². The van der Waals surface area contributed by atoms with E-state index in [1.165, 1.54) is 17.3 Å². The van der Waals surface area contributed by atoms with Crippen LogP contribution in [0.15, 0.2) is 24.3 Å². The summed E-state index contributed by atoms with van der Waals surface area (Å²) in [5, 5.41) is 11.1. The Morgan fingerprint density at radius 1 is 1.31 bits per heavy atom. The van der Waals surface area contributed by atoms with E-state index < -0.39 is 0 Å². The van der Waals surface area contributed by atoms with Crippen LogP contribution in [-0.4, -0.2) is 5.75 Å². The van der Waals surface area contributed by atoms with Crippen LogP contribution in [0.2, 0.25) is 5.02 Å². The van der Waals surface area contributed by atoms with Crippen molar-refractivity contribution in [2.75, 3.05) is 5.75 Å². The fourth-order valence-electron chi connectivity index (χ4n) is 1.05. The molecule has 1 aromatic carbocycles. The van der Waals surface area contributed by atoms with Gasteiger partial charge in [0, 0.05) is 10.8 Å². The molecule has 0 atom stereocenters. The van der Waals surface area contributed by atoms with Crippen LogP contribution in [0, 0.1) is 10.7 Å². The standard InChI is InChI=1S/C10H10ClNS/c11-10-5-3-9(4-6-10)2-1-7-13-8-12/h3-6H,1-2,7H2. The number of hydrogen-bond acceptors (Lipinski definition) is 2. The van der Waals surface area contributed by atoms with E-state index in [-0.39, 0.29) is 0 Å². The van der Waals surface area contributed by atoms with Crippen molar-refractivity contribution in [2.45, 2.75) is 12.8 Å². The summed E-state index contributed by atoms with van der Waals surface area (Å²) in [6.07, 6.45) is 2.06. The number of nitriles is 1. The number of aryl methyl sites for hydroxylation is 1. The molecule has 68 valence electrons. The van der Waals surface area contributed by atoms with Gasteiger partial charge in [-0.3, -0.25) is 0 Å². The first-order chi connectivity index (χ1) is 6.33. The number of rotatable bonds is 4. The quantitative estimate of drug-likeness (QED) is 0.563. The molecule has 0 heterocycles. The van der Waals surface area contributed by atoms with Crippen molar-refractivity contribution in [2.24, 2.45) is 0 Å². The highest BCUT2D eigenvalue weighted by atomic mass is 35.5. The van der Waals surface area contributed by atoms with Crippen molar-refractivity contribution in [3.8, 4) is 5.40 Å². The maximum absolute atomic E-state index is 8.30. The highest BCUT2D eigenvalue weighted by molar-refractivity contribution is 8.03. The number of thiocyanates is 1. The summed E-state index contributed by atoms with van der Waals surface area (Å²) < 4.78 is 0. The fraction of sp³-hybridized carbons (Fsp3) is 0.300. The molecule has 1 nitrogen and oxygen atoms in total. The summed E-state index contributed by atoms with van der Waals surface area (Å²) in [7, 11) is 0. The van der Waals surface area contributed by atoms with Crippen LogP contribution in [0.25, 0.3) is 0 Å². The van der Waals surface area contributed by atoms with E-state index in [1.807, 2.05) is 24.3 Å². The molecule has 3 heteroatoms. The third kappa shape index (κ3) is 4.21. The molecule has 0 N–H and O–H groups in total. The lowest BCUT2D eigenvalue weighted by Gasteiger charge is -1.98. The second-order valence-electron chi connectivity index (χ2n) is 2.67. The number of halogens is 1. The molecule has 0 spiro atoms. The molecule has 0 aliphatic heterocycles. The van der Waals surface area contributed by atoms with Gasteiger partial charge in [-0.05, 0) is 42.3 Å². The molecule has 0 amide bonds. The SMILES string of the molecule is N#CSCCCc1ccc(Cl)cc1. The van der Waals surface area contributed by atoms with Crippen LogP contribution in [0.5, 0.6) is 0 Å². The van der Waals surface area contributed by atoms with E-state index in [0.717, 1.165) is 23.6 Å².